The van der Waals surface area contributed by atoms with Crippen molar-refractivity contribution in [1.29, 1.82) is 0 Å². The van der Waals surface area contributed by atoms with Gasteiger partial charge in [0, 0.05) is 20.8 Å². The first kappa shape index (κ1) is 24.8. The Morgan fingerprint density at radius 2 is 1.35 bits per heavy atom. The van der Waals surface area contributed by atoms with Gasteiger partial charge in [0.2, 0.25) is 0 Å². The minimum absolute atomic E-state index is 0. The summed E-state index contributed by atoms with van der Waals surface area (Å²) in [5.74, 6) is 0. The molecule has 0 amide bonds. The number of nitrogens with one attached hydrogen (secondary N) is 1. The van der Waals surface area contributed by atoms with Crippen molar-refractivity contribution in [2.24, 2.45) is 0 Å². The van der Waals surface area contributed by atoms with Crippen LogP contribution in [0.15, 0.2) is 29.2 Å². The molecule has 0 bridgehead atoms. The smallest absolute Gasteiger partial charge is 0.294 e. The molecule has 0 unspecified atom stereocenters. The third kappa shape index (κ3) is 13.0. The highest BCUT2D eigenvalue weighted by atomic mass is 32.2. The lowest BCUT2D eigenvalue weighted by atomic mass is 10.3. The quantitative estimate of drug-likeness (QED) is 0.365. The summed E-state index contributed by atoms with van der Waals surface area (Å²) in [6, 6.07) is 5.83. The van der Waals surface area contributed by atoms with E-state index in [1.54, 1.807) is 19.2 Å². The Bertz CT molecular complexity index is 541. The van der Waals surface area contributed by atoms with Crippen molar-refractivity contribution < 1.29 is 33.3 Å². The standard InChI is InChI=1S/C15H25NO7S.C2H6.H2/c1-20-8-9-22-12-13-23-11-10-21-7-6-16-14-2-4-15(5-3-14)24(17,18)19;1-2;/h2-5,16H,6-13H2,1H3,(H,17,18,19);1-2H3;1H. The predicted octanol–water partition coefficient (Wildman–Crippen LogP) is 2.31. The first-order valence-corrected chi connectivity index (χ1v) is 10.0. The third-order valence-corrected chi connectivity index (χ3v) is 3.77. The van der Waals surface area contributed by atoms with Crippen molar-refractivity contribution in [3.8, 4) is 0 Å². The van der Waals surface area contributed by atoms with Gasteiger partial charge in [0.15, 0.2) is 0 Å². The van der Waals surface area contributed by atoms with Crippen LogP contribution in [0, 0.1) is 0 Å². The molecule has 1 rings (SSSR count). The largest absolute Gasteiger partial charge is 0.383 e. The molecule has 0 saturated carbocycles. The lowest BCUT2D eigenvalue weighted by molar-refractivity contribution is 0.00495. The minimum Gasteiger partial charge on any atom is -0.383 e. The van der Waals surface area contributed by atoms with Gasteiger partial charge < -0.3 is 24.3 Å². The summed E-state index contributed by atoms with van der Waals surface area (Å²) in [4.78, 5) is -0.132. The zero-order chi connectivity index (χ0) is 19.7. The van der Waals surface area contributed by atoms with Gasteiger partial charge in [0.1, 0.15) is 0 Å². The molecule has 154 valence electrons. The Balaban J connectivity index is 0. The summed E-state index contributed by atoms with van der Waals surface area (Å²) in [6.07, 6.45) is 0. The second-order valence-electron chi connectivity index (χ2n) is 4.76. The molecule has 0 aliphatic heterocycles. The Hall–Kier alpha value is -1.23. The summed E-state index contributed by atoms with van der Waals surface area (Å²) in [5.41, 5.74) is 0.746. The van der Waals surface area contributed by atoms with Crippen LogP contribution >= 0.6 is 0 Å². The summed E-state index contributed by atoms with van der Waals surface area (Å²) in [5, 5.41) is 3.08. The number of rotatable bonds is 14. The van der Waals surface area contributed by atoms with E-state index in [9.17, 15) is 8.42 Å². The van der Waals surface area contributed by atoms with E-state index in [2.05, 4.69) is 5.32 Å². The number of methoxy groups -OCH3 is 1. The van der Waals surface area contributed by atoms with Crippen LogP contribution in [0.25, 0.3) is 0 Å². The molecular weight excluding hydrogens is 362 g/mol. The van der Waals surface area contributed by atoms with Crippen molar-refractivity contribution in [2.45, 2.75) is 18.7 Å². The van der Waals surface area contributed by atoms with Crippen molar-refractivity contribution in [3.63, 3.8) is 0 Å². The van der Waals surface area contributed by atoms with Gasteiger partial charge >= 0.3 is 0 Å². The van der Waals surface area contributed by atoms with Crippen LogP contribution in [0.2, 0.25) is 0 Å². The average molecular weight is 396 g/mol. The fourth-order valence-electron chi connectivity index (χ4n) is 1.70. The highest BCUT2D eigenvalue weighted by Crippen LogP contribution is 2.13. The van der Waals surface area contributed by atoms with E-state index in [0.29, 0.717) is 52.8 Å². The molecule has 0 aliphatic carbocycles. The lowest BCUT2D eigenvalue weighted by Gasteiger charge is -2.08. The first-order valence-electron chi connectivity index (χ1n) is 8.57. The van der Waals surface area contributed by atoms with E-state index in [1.165, 1.54) is 12.1 Å². The first-order chi connectivity index (χ1) is 12.5. The van der Waals surface area contributed by atoms with Gasteiger partial charge in [-0.15, -0.1) is 0 Å². The van der Waals surface area contributed by atoms with Crippen LogP contribution in [0.4, 0.5) is 5.69 Å². The zero-order valence-corrected chi connectivity index (χ0v) is 16.6. The van der Waals surface area contributed by atoms with Crippen LogP contribution in [0.5, 0.6) is 0 Å². The Kier molecular flexibility index (Phi) is 15.2. The van der Waals surface area contributed by atoms with Gasteiger partial charge in [-0.3, -0.25) is 4.55 Å². The van der Waals surface area contributed by atoms with Gasteiger partial charge in [-0.1, -0.05) is 13.8 Å². The summed E-state index contributed by atoms with van der Waals surface area (Å²) < 4.78 is 51.5. The van der Waals surface area contributed by atoms with Crippen LogP contribution in [0.1, 0.15) is 15.3 Å². The number of ether oxygens (including phenoxy) is 4. The molecule has 26 heavy (non-hydrogen) atoms. The molecular formula is C17H33NO7S. The fourth-order valence-corrected chi connectivity index (χ4v) is 2.18. The molecule has 0 radical (unpaired) electrons. The summed E-state index contributed by atoms with van der Waals surface area (Å²) >= 11 is 0. The van der Waals surface area contributed by atoms with Crippen molar-refractivity contribution in [2.75, 3.05) is 65.2 Å². The maximum Gasteiger partial charge on any atom is 0.294 e. The van der Waals surface area contributed by atoms with Gasteiger partial charge in [0.05, 0.1) is 51.1 Å². The number of benzene rings is 1. The molecule has 2 N–H and O–H groups in total. The number of hydrogen-bond donors (Lipinski definition) is 2. The molecule has 0 spiro atoms. The molecule has 0 heterocycles. The van der Waals surface area contributed by atoms with Crippen molar-refractivity contribution in [3.05, 3.63) is 24.3 Å². The van der Waals surface area contributed by atoms with Crippen LogP contribution in [-0.2, 0) is 29.1 Å². The highest BCUT2D eigenvalue weighted by molar-refractivity contribution is 7.85. The number of anilines is 1. The van der Waals surface area contributed by atoms with Gasteiger partial charge in [-0.2, -0.15) is 8.42 Å². The topological polar surface area (TPSA) is 103 Å². The van der Waals surface area contributed by atoms with E-state index in [1.807, 2.05) is 13.8 Å². The molecule has 1 aromatic rings. The van der Waals surface area contributed by atoms with E-state index >= 15 is 0 Å². The lowest BCUT2D eigenvalue weighted by Crippen LogP contribution is -2.14. The van der Waals surface area contributed by atoms with Crippen LogP contribution in [0.3, 0.4) is 0 Å². The monoisotopic (exact) mass is 395 g/mol. The van der Waals surface area contributed by atoms with Gasteiger partial charge in [-0.05, 0) is 24.3 Å². The third-order valence-electron chi connectivity index (χ3n) is 2.90. The van der Waals surface area contributed by atoms with Crippen LogP contribution in [-0.4, -0.2) is 72.9 Å². The Labute approximate surface area is 158 Å². The highest BCUT2D eigenvalue weighted by Gasteiger charge is 2.07. The summed E-state index contributed by atoms with van der Waals surface area (Å²) in [6.45, 7) is 8.25. The Morgan fingerprint density at radius 3 is 1.81 bits per heavy atom. The fraction of sp³-hybridized carbons (Fsp3) is 0.647. The van der Waals surface area contributed by atoms with E-state index in [4.69, 9.17) is 23.5 Å². The van der Waals surface area contributed by atoms with E-state index in [0.717, 1.165) is 5.69 Å². The second-order valence-corrected chi connectivity index (χ2v) is 6.18. The van der Waals surface area contributed by atoms with Crippen molar-refractivity contribution >= 4 is 15.8 Å². The Morgan fingerprint density at radius 1 is 0.885 bits per heavy atom. The second kappa shape index (κ2) is 16.0. The molecule has 0 saturated heterocycles. The normalized spacial score (nSPS) is 10.9. The maximum absolute atomic E-state index is 10.9. The summed E-state index contributed by atoms with van der Waals surface area (Å²) in [7, 11) is -2.52. The molecule has 0 atom stereocenters. The average Bonchev–Trinajstić information content (AvgIpc) is 2.64. The molecule has 0 fully saturated rings. The van der Waals surface area contributed by atoms with Crippen LogP contribution < -0.4 is 5.32 Å². The molecule has 0 aliphatic rings. The molecule has 8 nitrogen and oxygen atoms in total. The SMILES string of the molecule is CC.COCCOCCOCCOCCNc1ccc(S(=O)(=O)O)cc1.[HH]. The van der Waals surface area contributed by atoms with E-state index in [-0.39, 0.29) is 6.32 Å². The molecule has 1 aromatic carbocycles. The molecule has 9 heteroatoms. The molecule has 0 aromatic heterocycles. The zero-order valence-electron chi connectivity index (χ0n) is 15.8. The maximum atomic E-state index is 10.9. The predicted molar refractivity (Wildman–Crippen MR) is 103 cm³/mol. The number of hydrogen-bond acceptors (Lipinski definition) is 7. The van der Waals surface area contributed by atoms with Crippen molar-refractivity contribution in [1.82, 2.24) is 0 Å². The van der Waals surface area contributed by atoms with Gasteiger partial charge in [-0.25, -0.2) is 0 Å². The minimum atomic E-state index is -4.15. The van der Waals surface area contributed by atoms with E-state index < -0.39 is 10.1 Å². The van der Waals surface area contributed by atoms with Gasteiger partial charge in [0.25, 0.3) is 10.1 Å².